The summed E-state index contributed by atoms with van der Waals surface area (Å²) in [5.41, 5.74) is 2.35. The van der Waals surface area contributed by atoms with Crippen molar-refractivity contribution in [3.63, 3.8) is 0 Å². The number of rotatable bonds is 8. The van der Waals surface area contributed by atoms with E-state index >= 15 is 0 Å². The van der Waals surface area contributed by atoms with Crippen LogP contribution in [0.1, 0.15) is 15.9 Å². The maximum atomic E-state index is 13.1. The second-order valence-corrected chi connectivity index (χ2v) is 10.7. The van der Waals surface area contributed by atoms with Gasteiger partial charge in [0.1, 0.15) is 5.75 Å². The van der Waals surface area contributed by atoms with Gasteiger partial charge in [-0.1, -0.05) is 53.3 Å². The van der Waals surface area contributed by atoms with E-state index in [1.807, 2.05) is 18.2 Å². The molecule has 0 saturated heterocycles. The van der Waals surface area contributed by atoms with E-state index in [0.29, 0.717) is 27.5 Å². The van der Waals surface area contributed by atoms with E-state index in [9.17, 15) is 13.2 Å². The predicted molar refractivity (Wildman–Crippen MR) is 137 cm³/mol. The van der Waals surface area contributed by atoms with Gasteiger partial charge in [0.05, 0.1) is 25.5 Å². The average Bonchev–Trinajstić information content (AvgIpc) is 3.30. The Morgan fingerprint density at radius 1 is 1.09 bits per heavy atom. The van der Waals surface area contributed by atoms with Gasteiger partial charge in [-0.05, 0) is 29.8 Å². The molecule has 0 radical (unpaired) electrons. The quantitative estimate of drug-likeness (QED) is 0.358. The van der Waals surface area contributed by atoms with Crippen LogP contribution in [0.3, 0.4) is 0 Å². The maximum absolute atomic E-state index is 13.1. The SMILES string of the molecule is COc1ccccc1-c1cnccc1C(=O)Nc1nnc(N(Cc2ccc(Cl)cc2)S(C)(=O)=O)s1. The van der Waals surface area contributed by atoms with Gasteiger partial charge in [-0.3, -0.25) is 15.1 Å². The van der Waals surface area contributed by atoms with Gasteiger partial charge in [0.25, 0.3) is 5.91 Å². The molecule has 0 aliphatic rings. The second kappa shape index (κ2) is 10.4. The lowest BCUT2D eigenvalue weighted by Gasteiger charge is -2.18. The van der Waals surface area contributed by atoms with Crippen LogP contribution in [0.4, 0.5) is 10.3 Å². The molecule has 2 aromatic heterocycles. The van der Waals surface area contributed by atoms with Crippen LogP contribution in [0.25, 0.3) is 11.1 Å². The van der Waals surface area contributed by atoms with Crippen LogP contribution in [0, 0.1) is 0 Å². The highest BCUT2D eigenvalue weighted by atomic mass is 35.5. The molecule has 2 heterocycles. The Labute approximate surface area is 211 Å². The van der Waals surface area contributed by atoms with Gasteiger partial charge in [0, 0.05) is 28.5 Å². The van der Waals surface area contributed by atoms with Gasteiger partial charge < -0.3 is 4.74 Å². The van der Waals surface area contributed by atoms with Crippen molar-refractivity contribution in [3.05, 3.63) is 83.1 Å². The number of nitrogens with one attached hydrogen (secondary N) is 1. The third kappa shape index (κ3) is 5.76. The zero-order valence-electron chi connectivity index (χ0n) is 18.7. The van der Waals surface area contributed by atoms with Gasteiger partial charge >= 0.3 is 0 Å². The molecule has 0 fully saturated rings. The van der Waals surface area contributed by atoms with Crippen molar-refractivity contribution >= 4 is 49.1 Å². The first-order valence-corrected chi connectivity index (χ1v) is 13.2. The highest BCUT2D eigenvalue weighted by Gasteiger charge is 2.24. The number of nitrogens with zero attached hydrogens (tertiary/aromatic N) is 4. The monoisotopic (exact) mass is 529 g/mol. The molecule has 4 aromatic rings. The lowest BCUT2D eigenvalue weighted by molar-refractivity contribution is 0.102. The van der Waals surface area contributed by atoms with Gasteiger partial charge in [-0.2, -0.15) is 0 Å². The molecule has 1 N–H and O–H groups in total. The summed E-state index contributed by atoms with van der Waals surface area (Å²) in [4.78, 5) is 17.3. The van der Waals surface area contributed by atoms with Crippen LogP contribution in [0.5, 0.6) is 5.75 Å². The zero-order chi connectivity index (χ0) is 25.0. The number of hydrogen-bond donors (Lipinski definition) is 1. The molecule has 1 amide bonds. The van der Waals surface area contributed by atoms with E-state index in [-0.39, 0.29) is 16.8 Å². The van der Waals surface area contributed by atoms with E-state index in [0.717, 1.165) is 27.5 Å². The van der Waals surface area contributed by atoms with E-state index in [4.69, 9.17) is 16.3 Å². The fourth-order valence-corrected chi connectivity index (χ4v) is 5.28. The minimum atomic E-state index is -3.67. The second-order valence-electron chi connectivity index (χ2n) is 7.36. The number of carbonyl (C=O) groups is 1. The number of aromatic nitrogens is 3. The molecule has 9 nitrogen and oxygen atoms in total. The van der Waals surface area contributed by atoms with Crippen LogP contribution in [0.2, 0.25) is 5.02 Å². The fraction of sp³-hybridized carbons (Fsp3) is 0.130. The summed E-state index contributed by atoms with van der Waals surface area (Å²) in [5, 5.41) is 11.5. The fourth-order valence-electron chi connectivity index (χ4n) is 3.29. The minimum absolute atomic E-state index is 0.0425. The molecule has 0 aliphatic heterocycles. The van der Waals surface area contributed by atoms with Gasteiger partial charge in [0.2, 0.25) is 20.3 Å². The van der Waals surface area contributed by atoms with Crippen molar-refractivity contribution in [1.29, 1.82) is 0 Å². The van der Waals surface area contributed by atoms with Gasteiger partial charge in [0.15, 0.2) is 0 Å². The largest absolute Gasteiger partial charge is 0.496 e. The van der Waals surface area contributed by atoms with E-state index in [1.54, 1.807) is 49.7 Å². The molecule has 0 spiro atoms. The normalized spacial score (nSPS) is 11.2. The molecule has 0 aliphatic carbocycles. The molecule has 12 heteroatoms. The molecular weight excluding hydrogens is 510 g/mol. The Hall–Kier alpha value is -3.54. The number of amides is 1. The third-order valence-electron chi connectivity index (χ3n) is 4.95. The highest BCUT2D eigenvalue weighted by molar-refractivity contribution is 7.92. The van der Waals surface area contributed by atoms with Crippen molar-refractivity contribution in [2.24, 2.45) is 0 Å². The first-order valence-electron chi connectivity index (χ1n) is 10.2. The molecule has 0 saturated carbocycles. The Bertz CT molecular complexity index is 1460. The lowest BCUT2D eigenvalue weighted by Crippen LogP contribution is -2.29. The molecule has 180 valence electrons. The van der Waals surface area contributed by atoms with Crippen LogP contribution >= 0.6 is 22.9 Å². The van der Waals surface area contributed by atoms with Crippen LogP contribution in [0.15, 0.2) is 67.0 Å². The van der Waals surface area contributed by atoms with E-state index in [1.165, 1.54) is 6.20 Å². The van der Waals surface area contributed by atoms with Crippen molar-refractivity contribution in [2.75, 3.05) is 23.0 Å². The number of carbonyl (C=O) groups excluding carboxylic acids is 1. The first-order chi connectivity index (χ1) is 16.8. The van der Waals surface area contributed by atoms with Crippen molar-refractivity contribution in [2.45, 2.75) is 6.54 Å². The third-order valence-corrected chi connectivity index (χ3v) is 7.28. The topological polar surface area (TPSA) is 114 Å². The molecule has 0 unspecified atom stereocenters. The number of benzene rings is 2. The number of methoxy groups -OCH3 is 1. The van der Waals surface area contributed by atoms with E-state index in [2.05, 4.69) is 20.5 Å². The van der Waals surface area contributed by atoms with Crippen molar-refractivity contribution < 1.29 is 17.9 Å². The predicted octanol–water partition coefficient (Wildman–Crippen LogP) is 4.48. The van der Waals surface area contributed by atoms with E-state index < -0.39 is 15.9 Å². The zero-order valence-corrected chi connectivity index (χ0v) is 21.1. The summed E-state index contributed by atoms with van der Waals surface area (Å²) in [6.07, 6.45) is 4.17. The number of sulfonamides is 1. The first kappa shape index (κ1) is 24.6. The number of halogens is 1. The Kier molecular flexibility index (Phi) is 7.29. The van der Waals surface area contributed by atoms with Crippen molar-refractivity contribution in [3.8, 4) is 16.9 Å². The minimum Gasteiger partial charge on any atom is -0.496 e. The number of anilines is 2. The summed E-state index contributed by atoms with van der Waals surface area (Å²) < 4.78 is 31.4. The maximum Gasteiger partial charge on any atom is 0.258 e. The molecule has 4 rings (SSSR count). The Morgan fingerprint density at radius 2 is 1.83 bits per heavy atom. The lowest BCUT2D eigenvalue weighted by atomic mass is 10.0. The Balaban J connectivity index is 1.59. The molecule has 35 heavy (non-hydrogen) atoms. The number of pyridine rings is 1. The summed E-state index contributed by atoms with van der Waals surface area (Å²) in [6.45, 7) is 0.0425. The van der Waals surface area contributed by atoms with Crippen LogP contribution in [-0.4, -0.2) is 42.9 Å². The number of ether oxygens (including phenoxy) is 1. The summed E-state index contributed by atoms with van der Waals surface area (Å²) in [6, 6.07) is 15.7. The van der Waals surface area contributed by atoms with Gasteiger partial charge in [-0.25, -0.2) is 12.7 Å². The molecular formula is C23H20ClN5O4S2. The number of hydrogen-bond acceptors (Lipinski definition) is 8. The summed E-state index contributed by atoms with van der Waals surface area (Å²) >= 11 is 6.87. The molecule has 0 atom stereocenters. The number of para-hydroxylation sites is 1. The summed E-state index contributed by atoms with van der Waals surface area (Å²) in [5.74, 6) is 0.151. The highest BCUT2D eigenvalue weighted by Crippen LogP contribution is 2.33. The summed E-state index contributed by atoms with van der Waals surface area (Å²) in [7, 11) is -2.12. The van der Waals surface area contributed by atoms with Gasteiger partial charge in [-0.15, -0.1) is 10.2 Å². The smallest absolute Gasteiger partial charge is 0.258 e. The molecule has 2 aromatic carbocycles. The standard InChI is InChI=1S/C23H20ClN5O4S2/c1-33-20-6-4-3-5-17(20)19-13-25-12-11-18(19)21(30)26-22-27-28-23(34-22)29(35(2,31)32)14-15-7-9-16(24)10-8-15/h3-13H,14H2,1-2H3,(H,26,27,30). The van der Waals surface area contributed by atoms with Crippen LogP contribution in [-0.2, 0) is 16.6 Å². The van der Waals surface area contributed by atoms with Crippen molar-refractivity contribution in [1.82, 2.24) is 15.2 Å². The Morgan fingerprint density at radius 3 is 2.54 bits per heavy atom. The molecule has 0 bridgehead atoms. The average molecular weight is 530 g/mol. The van der Waals surface area contributed by atoms with Crippen LogP contribution < -0.4 is 14.4 Å².